The zero-order valence-electron chi connectivity index (χ0n) is 18.9. The van der Waals surface area contributed by atoms with Crippen LogP contribution in [-0.4, -0.2) is 39.9 Å². The minimum Gasteiger partial charge on any atom is -0.486 e. The van der Waals surface area contributed by atoms with E-state index >= 15 is 0 Å². The number of fused-ring (bicyclic) bond motifs is 3. The number of thiazole rings is 1. The fourth-order valence-corrected chi connectivity index (χ4v) is 5.27. The van der Waals surface area contributed by atoms with Gasteiger partial charge in [-0.15, -0.1) is 11.3 Å². The van der Waals surface area contributed by atoms with Crippen molar-refractivity contribution in [3.05, 3.63) is 76.0 Å². The maximum absolute atomic E-state index is 13.5. The summed E-state index contributed by atoms with van der Waals surface area (Å²) in [4.78, 5) is 46.9. The van der Waals surface area contributed by atoms with Gasteiger partial charge in [-0.2, -0.15) is 0 Å². The first-order valence-corrected chi connectivity index (χ1v) is 12.0. The molecule has 1 fully saturated rings. The van der Waals surface area contributed by atoms with E-state index in [1.165, 1.54) is 45.4 Å². The summed E-state index contributed by atoms with van der Waals surface area (Å²) in [7, 11) is 0. The lowest BCUT2D eigenvalue weighted by Crippen LogP contribution is -2.68. The Morgan fingerprint density at radius 1 is 1.14 bits per heavy atom. The predicted molar refractivity (Wildman–Crippen MR) is 125 cm³/mol. The third-order valence-corrected chi connectivity index (χ3v) is 7.01. The zero-order chi connectivity index (χ0) is 24.6. The number of halogens is 1. The second-order valence-corrected chi connectivity index (χ2v) is 9.11. The number of nitrogens with zero attached hydrogens (tertiary/aromatic N) is 3. The number of likely N-dealkylation sites (N-methyl/N-ethyl adjacent to an activating group) is 1. The van der Waals surface area contributed by atoms with E-state index in [9.17, 15) is 18.8 Å². The van der Waals surface area contributed by atoms with Crippen molar-refractivity contribution in [2.45, 2.75) is 38.6 Å². The van der Waals surface area contributed by atoms with E-state index in [0.717, 1.165) is 0 Å². The van der Waals surface area contributed by atoms with E-state index in [1.54, 1.807) is 36.6 Å². The van der Waals surface area contributed by atoms with Gasteiger partial charge in [-0.05, 0) is 43.3 Å². The summed E-state index contributed by atoms with van der Waals surface area (Å²) >= 11 is 1.34. The Hall–Kier alpha value is -3.79. The maximum Gasteiger partial charge on any atom is 0.354 e. The molecule has 0 bridgehead atoms. The average Bonchev–Trinajstić information content (AvgIpc) is 3.47. The Balaban J connectivity index is 1.32. The highest BCUT2D eigenvalue weighted by Gasteiger charge is 2.61. The van der Waals surface area contributed by atoms with Crippen molar-refractivity contribution in [3.63, 3.8) is 0 Å². The highest BCUT2D eigenvalue weighted by molar-refractivity contribution is 7.09. The maximum atomic E-state index is 13.5. The number of anilines is 1. The molecule has 0 unspecified atom stereocenters. The molecule has 180 valence electrons. The molecule has 2 amide bonds. The van der Waals surface area contributed by atoms with Gasteiger partial charge in [-0.25, -0.2) is 14.2 Å². The number of hydrogen-bond acceptors (Lipinski definition) is 7. The van der Waals surface area contributed by atoms with E-state index in [4.69, 9.17) is 9.47 Å². The Morgan fingerprint density at radius 3 is 2.69 bits per heavy atom. The van der Waals surface area contributed by atoms with Crippen molar-refractivity contribution in [1.82, 2.24) is 9.88 Å². The molecule has 10 heteroatoms. The monoisotopic (exact) mass is 495 g/mol. The molecular formula is C25H22FN3O5S. The molecule has 5 rings (SSSR count). The minimum atomic E-state index is -1.51. The summed E-state index contributed by atoms with van der Waals surface area (Å²) in [5.41, 5.74) is -0.172. The number of benzene rings is 2. The number of hydrogen-bond donors (Lipinski definition) is 0. The van der Waals surface area contributed by atoms with E-state index in [2.05, 4.69) is 4.98 Å². The van der Waals surface area contributed by atoms with Gasteiger partial charge in [0.15, 0.2) is 0 Å². The van der Waals surface area contributed by atoms with Crippen LogP contribution < -0.4 is 9.64 Å². The Labute approximate surface area is 204 Å². The van der Waals surface area contributed by atoms with Crippen LogP contribution in [0.15, 0.2) is 53.9 Å². The lowest BCUT2D eigenvalue weighted by molar-refractivity contribution is -0.158. The van der Waals surface area contributed by atoms with Gasteiger partial charge in [-0.1, -0.05) is 12.1 Å². The van der Waals surface area contributed by atoms with Crippen LogP contribution in [0.4, 0.5) is 10.1 Å². The Kier molecular flexibility index (Phi) is 5.98. The van der Waals surface area contributed by atoms with Gasteiger partial charge in [0.05, 0.1) is 16.9 Å². The summed E-state index contributed by atoms with van der Waals surface area (Å²) in [6.07, 6.45) is 0.293. The molecule has 2 aromatic carbocycles. The highest BCUT2D eigenvalue weighted by Crippen LogP contribution is 2.45. The van der Waals surface area contributed by atoms with E-state index in [1.807, 2.05) is 0 Å². The molecule has 0 N–H and O–H groups in total. The lowest BCUT2D eigenvalue weighted by atomic mass is 9.96. The molecule has 2 aliphatic heterocycles. The molecule has 1 aromatic heterocycles. The van der Waals surface area contributed by atoms with E-state index in [-0.39, 0.29) is 50.2 Å². The van der Waals surface area contributed by atoms with Crippen LogP contribution in [0.2, 0.25) is 0 Å². The summed E-state index contributed by atoms with van der Waals surface area (Å²) in [5.74, 6) is -1.02. The summed E-state index contributed by atoms with van der Waals surface area (Å²) in [6.45, 7) is 2.09. The number of ether oxygens (including phenoxy) is 2. The number of aromatic nitrogens is 1. The molecule has 0 radical (unpaired) electrons. The number of amides is 2. The van der Waals surface area contributed by atoms with E-state index < -0.39 is 11.6 Å². The Morgan fingerprint density at radius 2 is 1.91 bits per heavy atom. The molecule has 2 aliphatic rings. The fourth-order valence-electron chi connectivity index (χ4n) is 4.58. The smallest absolute Gasteiger partial charge is 0.354 e. The first-order valence-electron chi connectivity index (χ1n) is 11.2. The zero-order valence-corrected chi connectivity index (χ0v) is 19.7. The third kappa shape index (κ3) is 3.93. The van der Waals surface area contributed by atoms with Gasteiger partial charge in [-0.3, -0.25) is 14.5 Å². The van der Waals surface area contributed by atoms with Gasteiger partial charge >= 0.3 is 5.97 Å². The molecule has 1 saturated heterocycles. The molecule has 1 atom stereocenters. The molecule has 3 aromatic rings. The molecule has 35 heavy (non-hydrogen) atoms. The number of rotatable bonds is 7. The van der Waals surface area contributed by atoms with Crippen LogP contribution in [-0.2, 0) is 27.5 Å². The van der Waals surface area contributed by atoms with Crippen LogP contribution in [0.5, 0.6) is 5.75 Å². The van der Waals surface area contributed by atoms with Crippen molar-refractivity contribution in [2.75, 3.05) is 11.4 Å². The predicted octanol–water partition coefficient (Wildman–Crippen LogP) is 3.90. The number of carbonyl (C=O) groups excluding carboxylic acids is 3. The number of esters is 1. The first-order chi connectivity index (χ1) is 16.9. The number of carbonyl (C=O) groups is 3. The first kappa shape index (κ1) is 23.0. The van der Waals surface area contributed by atoms with Crippen LogP contribution in [0.1, 0.15) is 40.8 Å². The quantitative estimate of drug-likeness (QED) is 0.462. The van der Waals surface area contributed by atoms with Gasteiger partial charge in [0.2, 0.25) is 11.6 Å². The Bertz CT molecular complexity index is 1290. The highest BCUT2D eigenvalue weighted by atomic mass is 32.1. The second-order valence-electron chi connectivity index (χ2n) is 8.16. The largest absolute Gasteiger partial charge is 0.486 e. The lowest BCUT2D eigenvalue weighted by Gasteiger charge is -2.47. The summed E-state index contributed by atoms with van der Waals surface area (Å²) in [6, 6.07) is 12.5. The molecule has 3 heterocycles. The van der Waals surface area contributed by atoms with Crippen LogP contribution in [0, 0.1) is 5.82 Å². The molecule has 8 nitrogen and oxygen atoms in total. The standard InChI is InChI=1S/C25H22FN3O5S/c1-2-28-23(31)19-5-3-4-6-20(19)29-22(30)11-12-25(28,29)24(32)34-13-17-15-35-21(27-17)14-33-18-9-7-16(26)8-10-18/h3-10,15H,2,11-14H2,1H3/t25-/m0/s1. The molecular weight excluding hydrogens is 473 g/mol. The van der Waals surface area contributed by atoms with Crippen molar-refractivity contribution >= 4 is 34.8 Å². The van der Waals surface area contributed by atoms with Crippen LogP contribution >= 0.6 is 11.3 Å². The van der Waals surface area contributed by atoms with Crippen LogP contribution in [0.3, 0.4) is 0 Å². The average molecular weight is 496 g/mol. The van der Waals surface area contributed by atoms with Gasteiger partial charge in [0.25, 0.3) is 5.91 Å². The van der Waals surface area contributed by atoms with Crippen LogP contribution in [0.25, 0.3) is 0 Å². The topological polar surface area (TPSA) is 89.0 Å². The van der Waals surface area contributed by atoms with Gasteiger partial charge < -0.3 is 14.4 Å². The SMILES string of the molecule is CCN1C(=O)c2ccccc2N2C(=O)CC[C@]12C(=O)OCc1csc(COc2ccc(F)cc2)n1. The normalized spacial score (nSPS) is 18.9. The van der Waals surface area contributed by atoms with Gasteiger partial charge in [0, 0.05) is 24.8 Å². The van der Waals surface area contributed by atoms with E-state index in [0.29, 0.717) is 27.7 Å². The molecule has 0 saturated carbocycles. The number of para-hydroxylation sites is 1. The van der Waals surface area contributed by atoms with Crippen molar-refractivity contribution in [2.24, 2.45) is 0 Å². The second kappa shape index (κ2) is 9.10. The van der Waals surface area contributed by atoms with Gasteiger partial charge in [0.1, 0.15) is 29.8 Å². The molecule has 0 aliphatic carbocycles. The fraction of sp³-hybridized carbons (Fsp3) is 0.280. The van der Waals surface area contributed by atoms with Crippen molar-refractivity contribution < 1.29 is 28.2 Å². The minimum absolute atomic E-state index is 0.108. The third-order valence-electron chi connectivity index (χ3n) is 6.14. The van der Waals surface area contributed by atoms with Crippen molar-refractivity contribution in [3.8, 4) is 5.75 Å². The van der Waals surface area contributed by atoms with Crippen molar-refractivity contribution in [1.29, 1.82) is 0 Å². The summed E-state index contributed by atoms with van der Waals surface area (Å²) in [5, 5.41) is 2.42. The molecule has 0 spiro atoms. The summed E-state index contributed by atoms with van der Waals surface area (Å²) < 4.78 is 24.3.